The van der Waals surface area contributed by atoms with E-state index in [1.54, 1.807) is 0 Å². The van der Waals surface area contributed by atoms with E-state index in [0.29, 0.717) is 34.7 Å². The van der Waals surface area contributed by atoms with Gasteiger partial charge in [0.05, 0.1) is 39.0 Å². The third-order valence-electron chi connectivity index (χ3n) is 4.67. The standard InChI is InChI=1S/C20H20N2O7S/c1-27-18(24)12-6-4-11(5-7-12)16(23)21-17-15(19(25)28-2)13-8-9-22(20(26)29-3)10-14(13)30-17/h4-7H,8-10H2,1-3H3,(H,21,23). The highest BCUT2D eigenvalue weighted by Crippen LogP contribution is 2.38. The van der Waals surface area contributed by atoms with Crippen molar-refractivity contribution in [2.45, 2.75) is 13.0 Å². The lowest BCUT2D eigenvalue weighted by atomic mass is 10.0. The first-order chi connectivity index (χ1) is 14.4. The van der Waals surface area contributed by atoms with Crippen molar-refractivity contribution in [1.29, 1.82) is 0 Å². The number of methoxy groups -OCH3 is 3. The lowest BCUT2D eigenvalue weighted by Gasteiger charge is -2.25. The van der Waals surface area contributed by atoms with E-state index < -0.39 is 23.9 Å². The van der Waals surface area contributed by atoms with Gasteiger partial charge < -0.3 is 24.4 Å². The molecule has 9 nitrogen and oxygen atoms in total. The van der Waals surface area contributed by atoms with Crippen LogP contribution in [0.2, 0.25) is 0 Å². The molecule has 0 aliphatic carbocycles. The van der Waals surface area contributed by atoms with Gasteiger partial charge in [-0.05, 0) is 36.2 Å². The number of benzene rings is 1. The number of amides is 2. The maximum absolute atomic E-state index is 12.7. The third kappa shape index (κ3) is 4.13. The molecule has 1 aliphatic rings. The monoisotopic (exact) mass is 432 g/mol. The molecule has 10 heteroatoms. The van der Waals surface area contributed by atoms with Crippen molar-refractivity contribution in [1.82, 2.24) is 4.90 Å². The van der Waals surface area contributed by atoms with Gasteiger partial charge >= 0.3 is 18.0 Å². The molecule has 1 aliphatic heterocycles. The minimum atomic E-state index is -0.560. The number of carbonyl (C=O) groups excluding carboxylic acids is 4. The van der Waals surface area contributed by atoms with Gasteiger partial charge in [-0.3, -0.25) is 4.79 Å². The molecule has 2 aromatic rings. The maximum atomic E-state index is 12.7. The largest absolute Gasteiger partial charge is 0.465 e. The van der Waals surface area contributed by atoms with Gasteiger partial charge in [0.1, 0.15) is 5.00 Å². The van der Waals surface area contributed by atoms with Crippen LogP contribution in [0.4, 0.5) is 9.80 Å². The Kier molecular flexibility index (Phi) is 6.36. The van der Waals surface area contributed by atoms with Gasteiger partial charge in [-0.15, -0.1) is 11.3 Å². The lowest BCUT2D eigenvalue weighted by Crippen LogP contribution is -2.35. The van der Waals surface area contributed by atoms with E-state index in [1.807, 2.05) is 0 Å². The van der Waals surface area contributed by atoms with Crippen LogP contribution >= 0.6 is 11.3 Å². The lowest BCUT2D eigenvalue weighted by molar-refractivity contribution is 0.0591. The third-order valence-corrected chi connectivity index (χ3v) is 5.81. The van der Waals surface area contributed by atoms with Gasteiger partial charge in [-0.1, -0.05) is 0 Å². The van der Waals surface area contributed by atoms with Crippen LogP contribution in [0.1, 0.15) is 41.5 Å². The van der Waals surface area contributed by atoms with Gasteiger partial charge in [0, 0.05) is 17.0 Å². The molecule has 30 heavy (non-hydrogen) atoms. The minimum absolute atomic E-state index is 0.278. The van der Waals surface area contributed by atoms with Crippen LogP contribution in [0.15, 0.2) is 24.3 Å². The van der Waals surface area contributed by atoms with E-state index in [1.165, 1.54) is 61.8 Å². The van der Waals surface area contributed by atoms with Crippen molar-refractivity contribution >= 4 is 40.3 Å². The van der Waals surface area contributed by atoms with E-state index in [-0.39, 0.29) is 6.54 Å². The first-order valence-electron chi connectivity index (χ1n) is 8.95. The van der Waals surface area contributed by atoms with Crippen LogP contribution in [-0.2, 0) is 27.2 Å². The number of thiophene rings is 1. The second-order valence-corrected chi connectivity index (χ2v) is 7.47. The Morgan fingerprint density at radius 2 is 1.57 bits per heavy atom. The molecule has 0 radical (unpaired) electrons. The molecule has 158 valence electrons. The highest BCUT2D eigenvalue weighted by Gasteiger charge is 2.31. The normalized spacial score (nSPS) is 12.6. The smallest absolute Gasteiger partial charge is 0.409 e. The van der Waals surface area contributed by atoms with Crippen molar-refractivity contribution in [3.8, 4) is 0 Å². The number of nitrogens with one attached hydrogen (secondary N) is 1. The SMILES string of the molecule is COC(=O)c1ccc(C(=O)Nc2sc3c(c2C(=O)OC)CCN(C(=O)OC)C3)cc1. The molecule has 0 fully saturated rings. The second kappa shape index (κ2) is 8.95. The zero-order chi connectivity index (χ0) is 21.8. The van der Waals surface area contributed by atoms with E-state index in [4.69, 9.17) is 9.47 Å². The van der Waals surface area contributed by atoms with Crippen molar-refractivity contribution in [3.63, 3.8) is 0 Å². The summed E-state index contributed by atoms with van der Waals surface area (Å²) in [6.07, 6.45) is -0.0142. The number of ether oxygens (including phenoxy) is 3. The Bertz CT molecular complexity index is 997. The first kappa shape index (κ1) is 21.3. The number of nitrogens with zero attached hydrogens (tertiary/aromatic N) is 1. The molecule has 0 atom stereocenters. The number of fused-ring (bicyclic) bond motifs is 1. The van der Waals surface area contributed by atoms with Crippen molar-refractivity contribution in [2.75, 3.05) is 33.2 Å². The van der Waals surface area contributed by atoms with E-state index >= 15 is 0 Å². The summed E-state index contributed by atoms with van der Waals surface area (Å²) in [6.45, 7) is 0.670. The van der Waals surface area contributed by atoms with Crippen LogP contribution in [0, 0.1) is 0 Å². The Labute approximate surface area is 176 Å². The van der Waals surface area contributed by atoms with Crippen LogP contribution in [0.25, 0.3) is 0 Å². The van der Waals surface area contributed by atoms with Crippen molar-refractivity contribution in [2.24, 2.45) is 0 Å². The number of hydrogen-bond acceptors (Lipinski definition) is 8. The summed E-state index contributed by atoms with van der Waals surface area (Å²) in [6, 6.07) is 5.95. The minimum Gasteiger partial charge on any atom is -0.465 e. The fourth-order valence-electron chi connectivity index (χ4n) is 3.15. The number of carbonyl (C=O) groups is 4. The van der Waals surface area contributed by atoms with E-state index in [2.05, 4.69) is 10.1 Å². The Balaban J connectivity index is 1.87. The molecule has 0 spiro atoms. The molecule has 2 heterocycles. The summed E-state index contributed by atoms with van der Waals surface area (Å²) in [5.74, 6) is -1.51. The molecule has 3 rings (SSSR count). The van der Waals surface area contributed by atoms with Crippen LogP contribution < -0.4 is 5.32 Å². The zero-order valence-corrected chi connectivity index (χ0v) is 17.5. The van der Waals surface area contributed by atoms with Gasteiger partial charge in [0.15, 0.2) is 0 Å². The predicted octanol–water partition coefficient (Wildman–Crippen LogP) is 2.70. The predicted molar refractivity (Wildman–Crippen MR) is 108 cm³/mol. The van der Waals surface area contributed by atoms with Crippen molar-refractivity contribution in [3.05, 3.63) is 51.4 Å². The summed E-state index contributed by atoms with van der Waals surface area (Å²) < 4.78 is 14.3. The highest BCUT2D eigenvalue weighted by molar-refractivity contribution is 7.17. The number of esters is 2. The molecule has 1 aromatic carbocycles. The Morgan fingerprint density at radius 1 is 0.933 bits per heavy atom. The number of rotatable bonds is 4. The molecular formula is C20H20N2O7S. The summed E-state index contributed by atoms with van der Waals surface area (Å²) in [5, 5.41) is 3.10. The molecule has 1 N–H and O–H groups in total. The van der Waals surface area contributed by atoms with Crippen LogP contribution in [0.5, 0.6) is 0 Å². The fraction of sp³-hybridized carbons (Fsp3) is 0.300. The molecule has 0 unspecified atom stereocenters. The molecular weight excluding hydrogens is 412 g/mol. The summed E-state index contributed by atoms with van der Waals surface area (Å²) in [4.78, 5) is 50.8. The molecule has 1 aromatic heterocycles. The molecule has 0 saturated carbocycles. The van der Waals surface area contributed by atoms with Gasteiger partial charge in [-0.25, -0.2) is 14.4 Å². The molecule has 0 bridgehead atoms. The summed E-state index contributed by atoms with van der Waals surface area (Å²) >= 11 is 1.22. The van der Waals surface area contributed by atoms with Gasteiger partial charge in [0.2, 0.25) is 0 Å². The van der Waals surface area contributed by atoms with Gasteiger partial charge in [0.25, 0.3) is 5.91 Å². The average Bonchev–Trinajstić information content (AvgIpc) is 3.14. The number of hydrogen-bond donors (Lipinski definition) is 1. The van der Waals surface area contributed by atoms with Crippen LogP contribution in [0.3, 0.4) is 0 Å². The topological polar surface area (TPSA) is 111 Å². The molecule has 2 amide bonds. The summed E-state index contributed by atoms with van der Waals surface area (Å²) in [5.41, 5.74) is 1.67. The Hall–Kier alpha value is -3.40. The Morgan fingerprint density at radius 3 is 2.17 bits per heavy atom. The van der Waals surface area contributed by atoms with Crippen molar-refractivity contribution < 1.29 is 33.4 Å². The summed E-state index contributed by atoms with van der Waals surface area (Å²) in [7, 11) is 3.85. The molecule has 0 saturated heterocycles. The number of anilines is 1. The maximum Gasteiger partial charge on any atom is 0.409 e. The van der Waals surface area contributed by atoms with E-state index in [0.717, 1.165) is 10.4 Å². The zero-order valence-electron chi connectivity index (χ0n) is 16.6. The first-order valence-corrected chi connectivity index (χ1v) is 9.76. The highest BCUT2D eigenvalue weighted by atomic mass is 32.1. The average molecular weight is 432 g/mol. The quantitative estimate of drug-likeness (QED) is 0.584. The fourth-order valence-corrected chi connectivity index (χ4v) is 4.39. The van der Waals surface area contributed by atoms with Gasteiger partial charge in [-0.2, -0.15) is 0 Å². The van der Waals surface area contributed by atoms with E-state index in [9.17, 15) is 19.2 Å². The van der Waals surface area contributed by atoms with Crippen LogP contribution in [-0.4, -0.2) is 56.7 Å². The second-order valence-electron chi connectivity index (χ2n) is 6.36.